The Morgan fingerprint density at radius 2 is 2.30 bits per heavy atom. The lowest BCUT2D eigenvalue weighted by molar-refractivity contribution is 0.104. The summed E-state index contributed by atoms with van der Waals surface area (Å²) in [6, 6.07) is 4.03. The topological polar surface area (TPSA) is 90.9 Å². The highest BCUT2D eigenvalue weighted by Crippen LogP contribution is 2.19. The van der Waals surface area contributed by atoms with E-state index in [0.29, 0.717) is 24.9 Å². The fourth-order valence-electron chi connectivity index (χ4n) is 1.88. The van der Waals surface area contributed by atoms with Gasteiger partial charge in [-0.1, -0.05) is 6.07 Å². The SMILES string of the molecule is Cn1ncc2c(NN)nc(COCc3cccs3)nc21. The lowest BCUT2D eigenvalue weighted by Crippen LogP contribution is -2.12. The van der Waals surface area contributed by atoms with Gasteiger partial charge in [0.05, 0.1) is 18.2 Å². The van der Waals surface area contributed by atoms with Crippen LogP contribution in [0, 0.1) is 0 Å². The number of aromatic nitrogens is 4. The molecule has 0 aliphatic carbocycles. The van der Waals surface area contributed by atoms with E-state index in [0.717, 1.165) is 11.0 Å². The van der Waals surface area contributed by atoms with Gasteiger partial charge in [-0.25, -0.2) is 15.8 Å². The van der Waals surface area contributed by atoms with Gasteiger partial charge in [-0.2, -0.15) is 5.10 Å². The minimum absolute atomic E-state index is 0.327. The smallest absolute Gasteiger partial charge is 0.163 e. The quantitative estimate of drug-likeness (QED) is 0.545. The molecule has 7 nitrogen and oxygen atoms in total. The summed E-state index contributed by atoms with van der Waals surface area (Å²) < 4.78 is 7.30. The van der Waals surface area contributed by atoms with Crippen LogP contribution in [0.4, 0.5) is 5.82 Å². The first-order valence-electron chi connectivity index (χ1n) is 6.03. The Labute approximate surface area is 119 Å². The van der Waals surface area contributed by atoms with Gasteiger partial charge in [0, 0.05) is 11.9 Å². The normalized spacial score (nSPS) is 11.1. The molecule has 3 rings (SSSR count). The third-order valence-corrected chi connectivity index (χ3v) is 3.68. The number of nitrogens with two attached hydrogens (primary N) is 1. The number of fused-ring (bicyclic) bond motifs is 1. The Hall–Kier alpha value is -2.03. The van der Waals surface area contributed by atoms with Crippen LogP contribution >= 0.6 is 11.3 Å². The van der Waals surface area contributed by atoms with E-state index in [2.05, 4.69) is 20.5 Å². The highest BCUT2D eigenvalue weighted by molar-refractivity contribution is 7.09. The molecule has 8 heteroatoms. The number of anilines is 1. The number of aryl methyl sites for hydroxylation is 1. The highest BCUT2D eigenvalue weighted by Gasteiger charge is 2.10. The van der Waals surface area contributed by atoms with Crippen molar-refractivity contribution in [3.63, 3.8) is 0 Å². The van der Waals surface area contributed by atoms with Crippen molar-refractivity contribution in [3.05, 3.63) is 34.4 Å². The molecular weight excluding hydrogens is 276 g/mol. The van der Waals surface area contributed by atoms with Gasteiger partial charge in [-0.15, -0.1) is 11.3 Å². The van der Waals surface area contributed by atoms with Crippen molar-refractivity contribution in [2.75, 3.05) is 5.43 Å². The third kappa shape index (κ3) is 2.48. The van der Waals surface area contributed by atoms with E-state index in [1.165, 1.54) is 4.88 Å². The molecule has 0 unspecified atom stereocenters. The molecule has 0 aliphatic rings. The third-order valence-electron chi connectivity index (χ3n) is 2.83. The number of rotatable bonds is 5. The van der Waals surface area contributed by atoms with E-state index in [9.17, 15) is 0 Å². The van der Waals surface area contributed by atoms with Gasteiger partial charge in [-0.3, -0.25) is 4.68 Å². The average Bonchev–Trinajstić information content (AvgIpc) is 3.09. The molecule has 0 radical (unpaired) electrons. The summed E-state index contributed by atoms with van der Waals surface area (Å²) in [5, 5.41) is 6.96. The van der Waals surface area contributed by atoms with Gasteiger partial charge in [-0.05, 0) is 11.4 Å². The van der Waals surface area contributed by atoms with Crippen molar-refractivity contribution in [3.8, 4) is 0 Å². The molecular formula is C12H14N6OS. The van der Waals surface area contributed by atoms with Crippen molar-refractivity contribution >= 4 is 28.2 Å². The molecule has 20 heavy (non-hydrogen) atoms. The fourth-order valence-corrected chi connectivity index (χ4v) is 2.52. The van der Waals surface area contributed by atoms with Crippen molar-refractivity contribution in [2.24, 2.45) is 12.9 Å². The predicted molar refractivity (Wildman–Crippen MR) is 76.9 cm³/mol. The van der Waals surface area contributed by atoms with Crippen LogP contribution in [0.1, 0.15) is 10.7 Å². The van der Waals surface area contributed by atoms with Crippen LogP contribution in [0.3, 0.4) is 0 Å². The van der Waals surface area contributed by atoms with Crippen LogP contribution < -0.4 is 11.3 Å². The summed E-state index contributed by atoms with van der Waals surface area (Å²) in [7, 11) is 1.83. The predicted octanol–water partition coefficient (Wildman–Crippen LogP) is 1.43. The van der Waals surface area contributed by atoms with Crippen LogP contribution in [0.15, 0.2) is 23.7 Å². The maximum atomic E-state index is 5.62. The Bertz CT molecular complexity index is 708. The lowest BCUT2D eigenvalue weighted by atomic mass is 10.4. The van der Waals surface area contributed by atoms with E-state index in [1.54, 1.807) is 22.2 Å². The number of nitrogens with zero attached hydrogens (tertiary/aromatic N) is 4. The van der Waals surface area contributed by atoms with Gasteiger partial charge in [0.15, 0.2) is 17.3 Å². The zero-order valence-corrected chi connectivity index (χ0v) is 11.7. The van der Waals surface area contributed by atoms with Gasteiger partial charge in [0.25, 0.3) is 0 Å². The van der Waals surface area contributed by atoms with Crippen LogP contribution in [0.2, 0.25) is 0 Å². The van der Waals surface area contributed by atoms with Crippen LogP contribution in [-0.2, 0) is 25.0 Å². The summed E-state index contributed by atoms with van der Waals surface area (Å²) in [4.78, 5) is 9.93. The molecule has 3 N–H and O–H groups in total. The van der Waals surface area contributed by atoms with Gasteiger partial charge in [0.1, 0.15) is 6.61 Å². The highest BCUT2D eigenvalue weighted by atomic mass is 32.1. The van der Waals surface area contributed by atoms with E-state index in [-0.39, 0.29) is 0 Å². The summed E-state index contributed by atoms with van der Waals surface area (Å²) in [6.07, 6.45) is 1.68. The molecule has 3 aromatic heterocycles. The summed E-state index contributed by atoms with van der Waals surface area (Å²) in [6.45, 7) is 0.879. The first kappa shape index (κ1) is 13.0. The molecule has 0 saturated carbocycles. The minimum Gasteiger partial charge on any atom is -0.368 e. The number of nitrogens with one attached hydrogen (secondary N) is 1. The molecule has 0 bridgehead atoms. The standard InChI is InChI=1S/C12H14N6OS/c1-18-12-9(5-14-18)11(17-13)15-10(16-12)7-19-6-8-3-2-4-20-8/h2-5H,6-7,13H2,1H3,(H,15,16,17). The number of hydrogen-bond donors (Lipinski definition) is 2. The minimum atomic E-state index is 0.327. The molecule has 104 valence electrons. The van der Waals surface area contributed by atoms with Gasteiger partial charge < -0.3 is 10.2 Å². The second-order valence-corrected chi connectivity index (χ2v) is 5.24. The largest absolute Gasteiger partial charge is 0.368 e. The zero-order chi connectivity index (χ0) is 13.9. The van der Waals surface area contributed by atoms with Crippen molar-refractivity contribution in [1.82, 2.24) is 19.7 Å². The average molecular weight is 290 g/mol. The maximum Gasteiger partial charge on any atom is 0.163 e. The molecule has 3 heterocycles. The van der Waals surface area contributed by atoms with Crippen LogP contribution in [0.5, 0.6) is 0 Å². The van der Waals surface area contributed by atoms with Gasteiger partial charge >= 0.3 is 0 Å². The Kier molecular flexibility index (Phi) is 3.59. The molecule has 0 spiro atoms. The number of nitrogen functional groups attached to an aromatic ring is 1. The lowest BCUT2D eigenvalue weighted by Gasteiger charge is -2.06. The number of thiophene rings is 1. The second-order valence-electron chi connectivity index (χ2n) is 4.21. The van der Waals surface area contributed by atoms with E-state index < -0.39 is 0 Å². The zero-order valence-electron chi connectivity index (χ0n) is 10.9. The van der Waals surface area contributed by atoms with Crippen LogP contribution in [0.25, 0.3) is 11.0 Å². The number of ether oxygens (including phenoxy) is 1. The first-order valence-corrected chi connectivity index (χ1v) is 6.91. The summed E-state index contributed by atoms with van der Waals surface area (Å²) in [5.41, 5.74) is 3.29. The van der Waals surface area contributed by atoms with Gasteiger partial charge in [0.2, 0.25) is 0 Å². The first-order chi connectivity index (χ1) is 9.78. The molecule has 0 atom stereocenters. The molecule has 3 aromatic rings. The Balaban J connectivity index is 1.78. The summed E-state index contributed by atoms with van der Waals surface area (Å²) in [5.74, 6) is 6.61. The molecule has 0 saturated heterocycles. The Morgan fingerprint density at radius 1 is 1.40 bits per heavy atom. The maximum absolute atomic E-state index is 5.62. The van der Waals surface area contributed by atoms with Crippen molar-refractivity contribution < 1.29 is 4.74 Å². The van der Waals surface area contributed by atoms with Crippen molar-refractivity contribution in [2.45, 2.75) is 13.2 Å². The van der Waals surface area contributed by atoms with E-state index >= 15 is 0 Å². The molecule has 0 aromatic carbocycles. The van der Waals surface area contributed by atoms with E-state index in [4.69, 9.17) is 10.6 Å². The van der Waals surface area contributed by atoms with Crippen LogP contribution in [-0.4, -0.2) is 19.7 Å². The summed E-state index contributed by atoms with van der Waals surface area (Å²) >= 11 is 1.66. The Morgan fingerprint density at radius 3 is 3.05 bits per heavy atom. The van der Waals surface area contributed by atoms with Crippen molar-refractivity contribution in [1.29, 1.82) is 0 Å². The number of hydrogen-bond acceptors (Lipinski definition) is 7. The monoisotopic (exact) mass is 290 g/mol. The fraction of sp³-hybridized carbons (Fsp3) is 0.250. The molecule has 0 fully saturated rings. The molecule has 0 amide bonds. The second kappa shape index (κ2) is 5.53. The van der Waals surface area contributed by atoms with E-state index in [1.807, 2.05) is 24.6 Å². The number of hydrazine groups is 1. The molecule has 0 aliphatic heterocycles.